The van der Waals surface area contributed by atoms with Crippen molar-refractivity contribution in [3.63, 3.8) is 0 Å². The summed E-state index contributed by atoms with van der Waals surface area (Å²) >= 11 is 0. The van der Waals surface area contributed by atoms with Crippen molar-refractivity contribution >= 4 is 0 Å². The minimum atomic E-state index is 0. The monoisotopic (exact) mass is 220 g/mol. The van der Waals surface area contributed by atoms with E-state index in [0.717, 1.165) is 11.0 Å². The minimum absolute atomic E-state index is 0. The standard InChI is InChI=1S/C8H17N2.BrH/c1-4-7-10(2,3)8-5-6-9;/h4-5,7-8H2,1-3H3;1H/q+1;/p-1. The van der Waals surface area contributed by atoms with Crippen LogP contribution in [0, 0.1) is 11.3 Å². The molecule has 0 bridgehead atoms. The average Bonchev–Trinajstić information content (AvgIpc) is 1.84. The first kappa shape index (κ1) is 13.5. The maximum atomic E-state index is 8.34. The van der Waals surface area contributed by atoms with Crippen LogP contribution in [0.15, 0.2) is 0 Å². The van der Waals surface area contributed by atoms with Gasteiger partial charge in [0.2, 0.25) is 0 Å². The first-order valence-corrected chi connectivity index (χ1v) is 3.81. The molecule has 0 heterocycles. The van der Waals surface area contributed by atoms with E-state index in [1.54, 1.807) is 0 Å². The van der Waals surface area contributed by atoms with Gasteiger partial charge in [0.1, 0.15) is 0 Å². The van der Waals surface area contributed by atoms with Gasteiger partial charge in [0.25, 0.3) is 0 Å². The molecule has 0 spiro atoms. The Morgan fingerprint density at radius 2 is 1.82 bits per heavy atom. The lowest BCUT2D eigenvalue weighted by Gasteiger charge is -2.28. The summed E-state index contributed by atoms with van der Waals surface area (Å²) in [6.07, 6.45) is 1.87. The van der Waals surface area contributed by atoms with E-state index >= 15 is 0 Å². The molecular formula is C8H17BrN2. The van der Waals surface area contributed by atoms with E-state index in [-0.39, 0.29) is 17.0 Å². The van der Waals surface area contributed by atoms with E-state index in [1.165, 1.54) is 13.0 Å². The van der Waals surface area contributed by atoms with Crippen molar-refractivity contribution < 1.29 is 21.5 Å². The molecule has 0 aromatic rings. The molecule has 0 saturated heterocycles. The van der Waals surface area contributed by atoms with E-state index in [2.05, 4.69) is 27.1 Å². The van der Waals surface area contributed by atoms with Crippen LogP contribution in [0.3, 0.4) is 0 Å². The lowest BCUT2D eigenvalue weighted by molar-refractivity contribution is -0.889. The van der Waals surface area contributed by atoms with Gasteiger partial charge in [-0.15, -0.1) is 0 Å². The third kappa shape index (κ3) is 7.83. The molecule has 0 unspecified atom stereocenters. The van der Waals surface area contributed by atoms with Gasteiger partial charge in [0.15, 0.2) is 0 Å². The molecule has 66 valence electrons. The Kier molecular flexibility index (Phi) is 8.14. The van der Waals surface area contributed by atoms with Gasteiger partial charge in [-0.2, -0.15) is 5.26 Å². The van der Waals surface area contributed by atoms with E-state index in [0.29, 0.717) is 6.42 Å². The number of rotatable bonds is 4. The van der Waals surface area contributed by atoms with Crippen LogP contribution in [0.4, 0.5) is 0 Å². The zero-order valence-electron chi connectivity index (χ0n) is 7.60. The SMILES string of the molecule is CCC[N+](C)(C)CCC#N.[Br-]. The highest BCUT2D eigenvalue weighted by Gasteiger charge is 2.11. The maximum absolute atomic E-state index is 8.34. The first-order valence-electron chi connectivity index (χ1n) is 3.81. The number of hydrogen-bond donors (Lipinski definition) is 0. The Bertz CT molecular complexity index is 127. The van der Waals surface area contributed by atoms with Crippen LogP contribution in [0.2, 0.25) is 0 Å². The summed E-state index contributed by atoms with van der Waals surface area (Å²) in [4.78, 5) is 0. The molecular weight excluding hydrogens is 204 g/mol. The summed E-state index contributed by atoms with van der Waals surface area (Å²) in [6, 6.07) is 2.17. The molecule has 2 nitrogen and oxygen atoms in total. The highest BCUT2D eigenvalue weighted by Crippen LogP contribution is 1.99. The average molecular weight is 221 g/mol. The van der Waals surface area contributed by atoms with Crippen LogP contribution in [0.5, 0.6) is 0 Å². The number of nitrogens with zero attached hydrogens (tertiary/aromatic N) is 2. The summed E-state index contributed by atoms with van der Waals surface area (Å²) in [5.41, 5.74) is 0. The van der Waals surface area contributed by atoms with Gasteiger partial charge in [-0.1, -0.05) is 6.92 Å². The third-order valence-corrected chi connectivity index (χ3v) is 1.66. The van der Waals surface area contributed by atoms with Crippen LogP contribution >= 0.6 is 0 Å². The molecule has 0 saturated carbocycles. The fourth-order valence-corrected chi connectivity index (χ4v) is 1.07. The zero-order chi connectivity index (χ0) is 8.04. The van der Waals surface area contributed by atoms with Gasteiger partial charge in [-0.05, 0) is 6.42 Å². The van der Waals surface area contributed by atoms with Crippen molar-refractivity contribution in [2.45, 2.75) is 19.8 Å². The molecule has 11 heavy (non-hydrogen) atoms. The van der Waals surface area contributed by atoms with Crippen LogP contribution in [-0.4, -0.2) is 31.7 Å². The van der Waals surface area contributed by atoms with E-state index in [1.807, 2.05) is 0 Å². The third-order valence-electron chi connectivity index (χ3n) is 1.66. The molecule has 0 rings (SSSR count). The van der Waals surface area contributed by atoms with E-state index in [9.17, 15) is 0 Å². The Morgan fingerprint density at radius 1 is 1.27 bits per heavy atom. The molecule has 0 aromatic heterocycles. The summed E-state index contributed by atoms with van der Waals surface area (Å²) in [6.45, 7) is 4.32. The first-order chi connectivity index (χ1) is 4.62. The molecule has 0 aliphatic heterocycles. The quantitative estimate of drug-likeness (QED) is 0.524. The second-order valence-electron chi connectivity index (χ2n) is 3.29. The highest BCUT2D eigenvalue weighted by molar-refractivity contribution is 4.67. The Balaban J connectivity index is 0. The minimum Gasteiger partial charge on any atom is -1.00 e. The fraction of sp³-hybridized carbons (Fsp3) is 0.875. The summed E-state index contributed by atoms with van der Waals surface area (Å²) in [5, 5.41) is 8.34. The Hall–Kier alpha value is -0.0700. The highest BCUT2D eigenvalue weighted by atomic mass is 79.9. The predicted octanol–water partition coefficient (Wildman–Crippen LogP) is -1.61. The summed E-state index contributed by atoms with van der Waals surface area (Å²) in [5.74, 6) is 0. The summed E-state index contributed by atoms with van der Waals surface area (Å²) < 4.78 is 0.976. The van der Waals surface area contributed by atoms with Crippen LogP contribution in [0.25, 0.3) is 0 Å². The molecule has 0 amide bonds. The van der Waals surface area contributed by atoms with E-state index < -0.39 is 0 Å². The second-order valence-corrected chi connectivity index (χ2v) is 3.29. The molecule has 0 aliphatic rings. The van der Waals surface area contributed by atoms with Gasteiger partial charge >= 0.3 is 0 Å². The molecule has 0 N–H and O–H groups in total. The molecule has 0 aromatic carbocycles. The fourth-order valence-electron chi connectivity index (χ4n) is 1.07. The lowest BCUT2D eigenvalue weighted by Crippen LogP contribution is -3.00. The van der Waals surface area contributed by atoms with Crippen molar-refractivity contribution in [1.29, 1.82) is 5.26 Å². The number of quaternary nitrogens is 1. The molecule has 0 atom stereocenters. The van der Waals surface area contributed by atoms with Gasteiger partial charge in [-0.3, -0.25) is 0 Å². The largest absolute Gasteiger partial charge is 1.00 e. The number of hydrogen-bond acceptors (Lipinski definition) is 1. The van der Waals surface area contributed by atoms with Crippen molar-refractivity contribution in [2.75, 3.05) is 27.2 Å². The normalized spacial score (nSPS) is 10.0. The Morgan fingerprint density at radius 3 is 2.18 bits per heavy atom. The van der Waals surface area contributed by atoms with Crippen LogP contribution in [0.1, 0.15) is 19.8 Å². The molecule has 3 heteroatoms. The molecule has 0 radical (unpaired) electrons. The summed E-state index contributed by atoms with van der Waals surface area (Å²) in [7, 11) is 4.34. The lowest BCUT2D eigenvalue weighted by atomic mass is 10.3. The molecule has 0 fully saturated rings. The Labute approximate surface area is 80.2 Å². The van der Waals surface area contributed by atoms with Crippen molar-refractivity contribution in [3.8, 4) is 6.07 Å². The van der Waals surface area contributed by atoms with E-state index in [4.69, 9.17) is 5.26 Å². The van der Waals surface area contributed by atoms with Crippen LogP contribution in [-0.2, 0) is 0 Å². The van der Waals surface area contributed by atoms with Crippen molar-refractivity contribution in [3.05, 3.63) is 0 Å². The van der Waals surface area contributed by atoms with Crippen LogP contribution < -0.4 is 17.0 Å². The maximum Gasteiger partial charge on any atom is 0.0914 e. The van der Waals surface area contributed by atoms with Gasteiger partial charge < -0.3 is 21.5 Å². The van der Waals surface area contributed by atoms with Crippen molar-refractivity contribution in [2.24, 2.45) is 0 Å². The van der Waals surface area contributed by atoms with Crippen molar-refractivity contribution in [1.82, 2.24) is 0 Å². The van der Waals surface area contributed by atoms with Gasteiger partial charge in [0, 0.05) is 0 Å². The van der Waals surface area contributed by atoms with Gasteiger partial charge in [0.05, 0.1) is 39.7 Å². The molecule has 0 aliphatic carbocycles. The predicted molar refractivity (Wildman–Crippen MR) is 42.4 cm³/mol. The van der Waals surface area contributed by atoms with Gasteiger partial charge in [-0.25, -0.2) is 0 Å². The number of nitriles is 1. The number of halogens is 1. The second kappa shape index (κ2) is 6.63. The smallest absolute Gasteiger partial charge is 0.0914 e. The zero-order valence-corrected chi connectivity index (χ0v) is 9.19. The topological polar surface area (TPSA) is 23.8 Å².